The quantitative estimate of drug-likeness (QED) is 0.842. The first-order valence-corrected chi connectivity index (χ1v) is 7.79. The molecular weight excluding hydrogens is 296 g/mol. The minimum Gasteiger partial charge on any atom is -0.328 e. The van der Waals surface area contributed by atoms with Crippen molar-refractivity contribution in [3.63, 3.8) is 0 Å². The fourth-order valence-corrected chi connectivity index (χ4v) is 2.76. The first-order chi connectivity index (χ1) is 10.5. The van der Waals surface area contributed by atoms with Gasteiger partial charge in [0.05, 0.1) is 5.54 Å². The molecule has 1 fully saturated rings. The number of halogens is 1. The van der Waals surface area contributed by atoms with Crippen molar-refractivity contribution in [2.45, 2.75) is 32.2 Å². The van der Waals surface area contributed by atoms with Gasteiger partial charge in [-0.25, -0.2) is 4.79 Å². The van der Waals surface area contributed by atoms with E-state index in [0.717, 1.165) is 35.2 Å². The van der Waals surface area contributed by atoms with Gasteiger partial charge in [-0.2, -0.15) is 0 Å². The molecule has 0 bridgehead atoms. The third-order valence-electron chi connectivity index (χ3n) is 4.35. The van der Waals surface area contributed by atoms with Crippen LogP contribution in [0.2, 0.25) is 5.02 Å². The molecule has 4 heteroatoms. The summed E-state index contributed by atoms with van der Waals surface area (Å²) in [6.07, 6.45) is 1.91. The van der Waals surface area contributed by atoms with E-state index in [1.807, 2.05) is 56.3 Å². The molecule has 114 valence electrons. The van der Waals surface area contributed by atoms with E-state index in [1.165, 1.54) is 0 Å². The zero-order valence-electron chi connectivity index (χ0n) is 12.7. The normalized spacial score (nSPS) is 15.2. The maximum absolute atomic E-state index is 12.3. The van der Waals surface area contributed by atoms with Crippen LogP contribution in [0, 0.1) is 13.8 Å². The Kier molecular flexibility index (Phi) is 3.83. The summed E-state index contributed by atoms with van der Waals surface area (Å²) >= 11 is 5.93. The molecule has 3 nitrogen and oxygen atoms in total. The van der Waals surface area contributed by atoms with Crippen LogP contribution in [0.25, 0.3) is 0 Å². The van der Waals surface area contributed by atoms with Crippen LogP contribution in [-0.4, -0.2) is 6.03 Å². The van der Waals surface area contributed by atoms with Crippen LogP contribution in [-0.2, 0) is 5.54 Å². The maximum atomic E-state index is 12.3. The summed E-state index contributed by atoms with van der Waals surface area (Å²) in [5, 5.41) is 6.77. The molecule has 2 N–H and O–H groups in total. The third kappa shape index (κ3) is 2.95. The molecule has 0 spiro atoms. The van der Waals surface area contributed by atoms with Gasteiger partial charge in [0.2, 0.25) is 0 Å². The second-order valence-electron chi connectivity index (χ2n) is 5.92. The number of aryl methyl sites for hydroxylation is 1. The van der Waals surface area contributed by atoms with Gasteiger partial charge in [-0.05, 0) is 61.6 Å². The Morgan fingerprint density at radius 2 is 1.77 bits per heavy atom. The standard InChI is InChI=1S/C18H19ClN2O/c1-12-4-3-5-16(13(12)2)20-17(22)21-18(10-11-18)14-6-8-15(19)9-7-14/h3-9H,10-11H2,1-2H3,(H2,20,21,22). The molecule has 0 aromatic heterocycles. The van der Waals surface area contributed by atoms with Gasteiger partial charge in [0.1, 0.15) is 0 Å². The predicted octanol–water partition coefficient (Wildman–Crippen LogP) is 4.77. The SMILES string of the molecule is Cc1cccc(NC(=O)NC2(c3ccc(Cl)cc3)CC2)c1C. The van der Waals surface area contributed by atoms with E-state index in [4.69, 9.17) is 11.6 Å². The van der Waals surface area contributed by atoms with Crippen molar-refractivity contribution in [2.75, 3.05) is 5.32 Å². The minimum absolute atomic E-state index is 0.166. The highest BCUT2D eigenvalue weighted by Crippen LogP contribution is 2.45. The third-order valence-corrected chi connectivity index (χ3v) is 4.60. The van der Waals surface area contributed by atoms with Crippen LogP contribution >= 0.6 is 11.6 Å². The number of hydrogen-bond donors (Lipinski definition) is 2. The van der Waals surface area contributed by atoms with Gasteiger partial charge < -0.3 is 10.6 Å². The Labute approximate surface area is 135 Å². The van der Waals surface area contributed by atoms with Crippen LogP contribution < -0.4 is 10.6 Å². The Morgan fingerprint density at radius 1 is 1.09 bits per heavy atom. The molecule has 0 radical (unpaired) electrons. The van der Waals surface area contributed by atoms with Gasteiger partial charge in [0.25, 0.3) is 0 Å². The predicted molar refractivity (Wildman–Crippen MR) is 90.4 cm³/mol. The average Bonchev–Trinajstić information content (AvgIpc) is 3.25. The van der Waals surface area contributed by atoms with Gasteiger partial charge in [-0.3, -0.25) is 0 Å². The molecule has 2 aromatic carbocycles. The van der Waals surface area contributed by atoms with Crippen LogP contribution in [0.4, 0.5) is 10.5 Å². The zero-order chi connectivity index (χ0) is 15.7. The molecule has 0 unspecified atom stereocenters. The van der Waals surface area contributed by atoms with E-state index in [1.54, 1.807) is 0 Å². The van der Waals surface area contributed by atoms with E-state index in [0.29, 0.717) is 5.02 Å². The summed E-state index contributed by atoms with van der Waals surface area (Å²) in [4.78, 5) is 12.3. The van der Waals surface area contributed by atoms with Gasteiger partial charge in [-0.1, -0.05) is 35.9 Å². The second-order valence-corrected chi connectivity index (χ2v) is 6.35. The van der Waals surface area contributed by atoms with Crippen molar-refractivity contribution in [1.29, 1.82) is 0 Å². The van der Waals surface area contributed by atoms with Gasteiger partial charge >= 0.3 is 6.03 Å². The molecule has 1 saturated carbocycles. The highest BCUT2D eigenvalue weighted by Gasteiger charge is 2.45. The number of nitrogens with one attached hydrogen (secondary N) is 2. The van der Waals surface area contributed by atoms with E-state index >= 15 is 0 Å². The second kappa shape index (κ2) is 5.65. The van der Waals surface area contributed by atoms with Crippen molar-refractivity contribution in [2.24, 2.45) is 0 Å². The van der Waals surface area contributed by atoms with Crippen molar-refractivity contribution in [3.05, 3.63) is 64.2 Å². The molecule has 2 aromatic rings. The van der Waals surface area contributed by atoms with E-state index in [-0.39, 0.29) is 11.6 Å². The van der Waals surface area contributed by atoms with Crippen molar-refractivity contribution in [3.8, 4) is 0 Å². The lowest BCUT2D eigenvalue weighted by Gasteiger charge is -2.19. The van der Waals surface area contributed by atoms with Gasteiger partial charge in [0.15, 0.2) is 0 Å². The Bertz CT molecular complexity index is 706. The van der Waals surface area contributed by atoms with Crippen LogP contribution in [0.1, 0.15) is 29.5 Å². The molecule has 3 rings (SSSR count). The fraction of sp³-hybridized carbons (Fsp3) is 0.278. The number of hydrogen-bond acceptors (Lipinski definition) is 1. The van der Waals surface area contributed by atoms with Crippen LogP contribution in [0.5, 0.6) is 0 Å². The summed E-state index contributed by atoms with van der Waals surface area (Å²) in [5.41, 5.74) is 3.97. The van der Waals surface area contributed by atoms with Crippen LogP contribution in [0.15, 0.2) is 42.5 Å². The van der Waals surface area contributed by atoms with E-state index < -0.39 is 0 Å². The van der Waals surface area contributed by atoms with Gasteiger partial charge in [0, 0.05) is 10.7 Å². The number of rotatable bonds is 3. The number of amides is 2. The van der Waals surface area contributed by atoms with Gasteiger partial charge in [-0.15, -0.1) is 0 Å². The van der Waals surface area contributed by atoms with Crippen LogP contribution in [0.3, 0.4) is 0 Å². The number of carbonyl (C=O) groups excluding carboxylic acids is 1. The summed E-state index contributed by atoms with van der Waals surface area (Å²) in [6, 6.07) is 13.4. The largest absolute Gasteiger partial charge is 0.328 e. The fourth-order valence-electron chi connectivity index (χ4n) is 2.64. The lowest BCUT2D eigenvalue weighted by atomic mass is 10.1. The number of urea groups is 1. The number of carbonyl (C=O) groups is 1. The first-order valence-electron chi connectivity index (χ1n) is 7.42. The lowest BCUT2D eigenvalue weighted by molar-refractivity contribution is 0.247. The average molecular weight is 315 g/mol. The Balaban J connectivity index is 1.72. The number of anilines is 1. The summed E-state index contributed by atoms with van der Waals surface area (Å²) in [7, 11) is 0. The molecular formula is C18H19ClN2O. The molecule has 1 aliphatic rings. The zero-order valence-corrected chi connectivity index (χ0v) is 13.5. The molecule has 0 aliphatic heterocycles. The summed E-state index contributed by atoms with van der Waals surface area (Å²) in [5.74, 6) is 0. The topological polar surface area (TPSA) is 41.1 Å². The summed E-state index contributed by atoms with van der Waals surface area (Å²) in [6.45, 7) is 4.05. The molecule has 22 heavy (non-hydrogen) atoms. The highest BCUT2D eigenvalue weighted by atomic mass is 35.5. The van der Waals surface area contributed by atoms with Crippen molar-refractivity contribution in [1.82, 2.24) is 5.32 Å². The van der Waals surface area contributed by atoms with E-state index in [2.05, 4.69) is 10.6 Å². The number of benzene rings is 2. The first kappa shape index (κ1) is 14.9. The monoisotopic (exact) mass is 314 g/mol. The minimum atomic E-state index is -0.244. The molecule has 2 amide bonds. The maximum Gasteiger partial charge on any atom is 0.319 e. The molecule has 1 aliphatic carbocycles. The van der Waals surface area contributed by atoms with Crippen molar-refractivity contribution >= 4 is 23.3 Å². The summed E-state index contributed by atoms with van der Waals surface area (Å²) < 4.78 is 0. The smallest absolute Gasteiger partial charge is 0.319 e. The highest BCUT2D eigenvalue weighted by molar-refractivity contribution is 6.30. The Hall–Kier alpha value is -2.00. The van der Waals surface area contributed by atoms with E-state index in [9.17, 15) is 4.79 Å². The van der Waals surface area contributed by atoms with Crippen molar-refractivity contribution < 1.29 is 4.79 Å². The Morgan fingerprint density at radius 3 is 2.41 bits per heavy atom. The molecule has 0 saturated heterocycles. The molecule has 0 heterocycles. The molecule has 0 atom stereocenters. The lowest BCUT2D eigenvalue weighted by Crippen LogP contribution is -2.38.